The van der Waals surface area contributed by atoms with Crippen molar-refractivity contribution in [1.82, 2.24) is 24.6 Å². The molecule has 21 heavy (non-hydrogen) atoms. The summed E-state index contributed by atoms with van der Waals surface area (Å²) in [6.07, 6.45) is 10.1. The van der Waals surface area contributed by atoms with Crippen molar-refractivity contribution in [2.75, 3.05) is 32.5 Å². The van der Waals surface area contributed by atoms with E-state index >= 15 is 0 Å². The summed E-state index contributed by atoms with van der Waals surface area (Å²) in [4.78, 5) is 11.1. The maximum absolute atomic E-state index is 4.63. The van der Waals surface area contributed by atoms with Gasteiger partial charge in [0.2, 0.25) is 5.95 Å². The summed E-state index contributed by atoms with van der Waals surface area (Å²) in [5.74, 6) is 0.679. The predicted molar refractivity (Wildman–Crippen MR) is 84.5 cm³/mol. The van der Waals surface area contributed by atoms with Gasteiger partial charge in [0.25, 0.3) is 0 Å². The largest absolute Gasteiger partial charge is 0.354 e. The summed E-state index contributed by atoms with van der Waals surface area (Å²) < 4.78 is 2.09. The number of hydrogen-bond acceptors (Lipinski definition) is 5. The number of rotatable bonds is 6. The van der Waals surface area contributed by atoms with E-state index in [4.69, 9.17) is 0 Å². The molecule has 0 unspecified atom stereocenters. The average Bonchev–Trinajstić information content (AvgIpc) is 3.11. The van der Waals surface area contributed by atoms with Crippen LogP contribution in [0.25, 0.3) is 11.0 Å². The molecule has 0 atom stereocenters. The summed E-state index contributed by atoms with van der Waals surface area (Å²) >= 11 is 0. The second-order valence-corrected chi connectivity index (χ2v) is 6.10. The Balaban J connectivity index is 1.65. The molecule has 0 bridgehead atoms. The Morgan fingerprint density at radius 1 is 1.33 bits per heavy atom. The summed E-state index contributed by atoms with van der Waals surface area (Å²) in [6, 6.07) is 0.552. The molecule has 3 rings (SSSR count). The average molecular weight is 288 g/mol. The molecular formula is C15H24N6. The van der Waals surface area contributed by atoms with Gasteiger partial charge in [-0.05, 0) is 39.9 Å². The first-order valence-corrected chi connectivity index (χ1v) is 7.83. The zero-order valence-electron chi connectivity index (χ0n) is 12.9. The SMILES string of the molecule is CN(C)CCCNc1ncc2cn(C3CCCC3)nc2n1. The second kappa shape index (κ2) is 6.39. The van der Waals surface area contributed by atoms with Crippen LogP contribution in [0.15, 0.2) is 12.4 Å². The Morgan fingerprint density at radius 3 is 2.90 bits per heavy atom. The van der Waals surface area contributed by atoms with Crippen LogP contribution >= 0.6 is 0 Å². The molecule has 2 heterocycles. The highest BCUT2D eigenvalue weighted by atomic mass is 15.3. The third kappa shape index (κ3) is 3.50. The van der Waals surface area contributed by atoms with Crippen LogP contribution in [-0.4, -0.2) is 51.8 Å². The van der Waals surface area contributed by atoms with Gasteiger partial charge in [0.05, 0.1) is 11.4 Å². The molecule has 2 aromatic heterocycles. The van der Waals surface area contributed by atoms with Gasteiger partial charge in [-0.1, -0.05) is 12.8 Å². The standard InChI is InChI=1S/C15H24N6/c1-20(2)9-5-8-16-15-17-10-12-11-21(19-14(12)18-15)13-6-3-4-7-13/h10-11,13H,3-9H2,1-2H3,(H,16,18,19). The van der Waals surface area contributed by atoms with Crippen LogP contribution in [-0.2, 0) is 0 Å². The topological polar surface area (TPSA) is 58.9 Å². The maximum atomic E-state index is 4.63. The van der Waals surface area contributed by atoms with Crippen LogP contribution in [0.5, 0.6) is 0 Å². The van der Waals surface area contributed by atoms with Gasteiger partial charge in [-0.2, -0.15) is 10.1 Å². The first-order valence-electron chi connectivity index (χ1n) is 7.83. The van der Waals surface area contributed by atoms with Crippen molar-refractivity contribution < 1.29 is 0 Å². The Kier molecular flexibility index (Phi) is 4.34. The number of nitrogens with one attached hydrogen (secondary N) is 1. The minimum Gasteiger partial charge on any atom is -0.354 e. The van der Waals surface area contributed by atoms with Crippen LogP contribution in [0, 0.1) is 0 Å². The second-order valence-electron chi connectivity index (χ2n) is 6.10. The molecule has 2 aromatic rings. The van der Waals surface area contributed by atoms with Crippen molar-refractivity contribution in [3.63, 3.8) is 0 Å². The van der Waals surface area contributed by atoms with E-state index in [-0.39, 0.29) is 0 Å². The van der Waals surface area contributed by atoms with E-state index in [2.05, 4.69) is 50.3 Å². The molecule has 0 aliphatic heterocycles. The van der Waals surface area contributed by atoms with E-state index in [9.17, 15) is 0 Å². The van der Waals surface area contributed by atoms with Crippen molar-refractivity contribution >= 4 is 17.0 Å². The molecule has 0 radical (unpaired) electrons. The van der Waals surface area contributed by atoms with Gasteiger partial charge in [0.15, 0.2) is 5.65 Å². The lowest BCUT2D eigenvalue weighted by Crippen LogP contribution is -2.17. The van der Waals surface area contributed by atoms with Crippen molar-refractivity contribution in [3.05, 3.63) is 12.4 Å². The fraction of sp³-hybridized carbons (Fsp3) is 0.667. The molecule has 0 aromatic carbocycles. The molecule has 0 amide bonds. The fourth-order valence-electron chi connectivity index (χ4n) is 2.87. The quantitative estimate of drug-likeness (QED) is 0.827. The highest BCUT2D eigenvalue weighted by Crippen LogP contribution is 2.29. The molecule has 114 valence electrons. The van der Waals surface area contributed by atoms with E-state index in [1.54, 1.807) is 0 Å². The predicted octanol–water partition coefficient (Wildman–Crippen LogP) is 2.30. The summed E-state index contributed by atoms with van der Waals surface area (Å²) in [5, 5.41) is 8.93. The van der Waals surface area contributed by atoms with Crippen LogP contribution < -0.4 is 5.32 Å². The van der Waals surface area contributed by atoms with Gasteiger partial charge in [-0.25, -0.2) is 4.98 Å². The van der Waals surface area contributed by atoms with Gasteiger partial charge in [-0.15, -0.1) is 0 Å². The first kappa shape index (κ1) is 14.3. The van der Waals surface area contributed by atoms with Gasteiger partial charge in [0.1, 0.15) is 0 Å². The Bertz CT molecular complexity index is 585. The highest BCUT2D eigenvalue weighted by molar-refractivity contribution is 5.73. The van der Waals surface area contributed by atoms with Crippen molar-refractivity contribution in [1.29, 1.82) is 0 Å². The number of anilines is 1. The molecule has 1 saturated carbocycles. The summed E-state index contributed by atoms with van der Waals surface area (Å²) in [5.41, 5.74) is 0.798. The minimum atomic E-state index is 0.552. The number of nitrogens with zero attached hydrogens (tertiary/aromatic N) is 5. The van der Waals surface area contributed by atoms with E-state index in [1.165, 1.54) is 25.7 Å². The van der Waals surface area contributed by atoms with Crippen LogP contribution in [0.1, 0.15) is 38.1 Å². The summed E-state index contributed by atoms with van der Waals surface area (Å²) in [6.45, 7) is 1.94. The molecular weight excluding hydrogens is 264 g/mol. The lowest BCUT2D eigenvalue weighted by molar-refractivity contribution is 0.405. The molecule has 6 nitrogen and oxygen atoms in total. The maximum Gasteiger partial charge on any atom is 0.224 e. The Labute approximate surface area is 125 Å². The molecule has 1 aliphatic rings. The monoisotopic (exact) mass is 288 g/mol. The molecule has 1 aliphatic carbocycles. The van der Waals surface area contributed by atoms with Crippen molar-refractivity contribution in [2.24, 2.45) is 0 Å². The number of aromatic nitrogens is 4. The van der Waals surface area contributed by atoms with E-state index in [0.717, 1.165) is 30.5 Å². The highest BCUT2D eigenvalue weighted by Gasteiger charge is 2.18. The smallest absolute Gasteiger partial charge is 0.224 e. The molecule has 6 heteroatoms. The first-order chi connectivity index (χ1) is 10.2. The summed E-state index contributed by atoms with van der Waals surface area (Å²) in [7, 11) is 4.16. The van der Waals surface area contributed by atoms with E-state index < -0.39 is 0 Å². The third-order valence-corrected chi connectivity index (χ3v) is 4.04. The number of fused-ring (bicyclic) bond motifs is 1. The Morgan fingerprint density at radius 2 is 2.14 bits per heavy atom. The van der Waals surface area contributed by atoms with E-state index in [0.29, 0.717) is 12.0 Å². The Hall–Kier alpha value is -1.69. The van der Waals surface area contributed by atoms with Crippen LogP contribution in [0.3, 0.4) is 0 Å². The lowest BCUT2D eigenvalue weighted by Gasteiger charge is -2.09. The molecule has 0 spiro atoms. The normalized spacial score (nSPS) is 16.1. The van der Waals surface area contributed by atoms with Gasteiger partial charge in [0, 0.05) is 18.9 Å². The van der Waals surface area contributed by atoms with Crippen molar-refractivity contribution in [3.8, 4) is 0 Å². The molecule has 0 saturated heterocycles. The number of hydrogen-bond donors (Lipinski definition) is 1. The fourth-order valence-corrected chi connectivity index (χ4v) is 2.87. The lowest BCUT2D eigenvalue weighted by atomic mass is 10.3. The zero-order chi connectivity index (χ0) is 14.7. The van der Waals surface area contributed by atoms with E-state index in [1.807, 2.05) is 6.20 Å². The minimum absolute atomic E-state index is 0.552. The van der Waals surface area contributed by atoms with Crippen molar-refractivity contribution in [2.45, 2.75) is 38.1 Å². The third-order valence-electron chi connectivity index (χ3n) is 4.04. The van der Waals surface area contributed by atoms with Gasteiger partial charge >= 0.3 is 0 Å². The molecule has 1 fully saturated rings. The molecule has 1 N–H and O–H groups in total. The van der Waals surface area contributed by atoms with Gasteiger partial charge < -0.3 is 10.2 Å². The van der Waals surface area contributed by atoms with Gasteiger partial charge in [-0.3, -0.25) is 4.68 Å². The van der Waals surface area contributed by atoms with Crippen LogP contribution in [0.4, 0.5) is 5.95 Å². The zero-order valence-corrected chi connectivity index (χ0v) is 12.9. The van der Waals surface area contributed by atoms with Crippen LogP contribution in [0.2, 0.25) is 0 Å².